The van der Waals surface area contributed by atoms with Crippen molar-refractivity contribution in [3.8, 4) is 0 Å². The van der Waals surface area contributed by atoms with Gasteiger partial charge in [-0.1, -0.05) is 12.1 Å². The second-order valence-electron chi connectivity index (χ2n) is 4.23. The van der Waals surface area contributed by atoms with Crippen LogP contribution in [0.2, 0.25) is 0 Å². The third-order valence-electron chi connectivity index (χ3n) is 3.00. The lowest BCUT2D eigenvalue weighted by molar-refractivity contribution is -0.142. The molecule has 0 aromatic carbocycles. The highest BCUT2D eigenvalue weighted by molar-refractivity contribution is 5.83. The molecule has 1 aliphatic heterocycles. The summed E-state index contributed by atoms with van der Waals surface area (Å²) in [4.78, 5) is 24.3. The first kappa shape index (κ1) is 12.3. The number of rotatable bonds is 3. The first-order valence-electron chi connectivity index (χ1n) is 5.59. The maximum atomic E-state index is 11.9. The number of hydrogen-bond acceptors (Lipinski definition) is 5. The molecule has 2 heterocycles. The van der Waals surface area contributed by atoms with E-state index in [0.717, 1.165) is 0 Å². The molecule has 1 aromatic heterocycles. The van der Waals surface area contributed by atoms with Crippen LogP contribution in [0.5, 0.6) is 0 Å². The summed E-state index contributed by atoms with van der Waals surface area (Å²) in [5.74, 6) is -0.671. The van der Waals surface area contributed by atoms with Crippen molar-refractivity contribution < 1.29 is 14.7 Å². The molecule has 0 bridgehead atoms. The van der Waals surface area contributed by atoms with E-state index < -0.39 is 18.0 Å². The molecule has 2 amide bonds. The number of carboxylic acids is 1. The van der Waals surface area contributed by atoms with Crippen molar-refractivity contribution >= 4 is 12.0 Å². The quantitative estimate of drug-likeness (QED) is 0.649. The Morgan fingerprint density at radius 2 is 2.39 bits per heavy atom. The van der Waals surface area contributed by atoms with Gasteiger partial charge in [-0.2, -0.15) is 5.21 Å². The fourth-order valence-electron chi connectivity index (χ4n) is 2.07. The summed E-state index contributed by atoms with van der Waals surface area (Å²) in [6, 6.07) is -1.19. The van der Waals surface area contributed by atoms with Crippen LogP contribution in [-0.2, 0) is 11.3 Å². The molecule has 0 saturated carbocycles. The zero-order valence-electron chi connectivity index (χ0n) is 9.83. The maximum absolute atomic E-state index is 11.9. The number of nitrogens with zero attached hydrogens (tertiary/aromatic N) is 4. The zero-order valence-corrected chi connectivity index (χ0v) is 9.83. The highest BCUT2D eigenvalue weighted by atomic mass is 16.4. The number of H-pyrrole nitrogens is 1. The Morgan fingerprint density at radius 1 is 1.61 bits per heavy atom. The zero-order chi connectivity index (χ0) is 13.1. The molecule has 1 aromatic rings. The van der Waals surface area contributed by atoms with Crippen molar-refractivity contribution in [2.24, 2.45) is 5.92 Å². The van der Waals surface area contributed by atoms with Crippen molar-refractivity contribution in [2.75, 3.05) is 6.54 Å². The molecule has 1 saturated heterocycles. The number of aromatic nitrogens is 4. The average Bonchev–Trinajstić information content (AvgIpc) is 2.94. The van der Waals surface area contributed by atoms with Gasteiger partial charge in [0.15, 0.2) is 5.82 Å². The molecule has 0 radical (unpaired) electrons. The van der Waals surface area contributed by atoms with Gasteiger partial charge < -0.3 is 15.3 Å². The molecule has 9 heteroatoms. The summed E-state index contributed by atoms with van der Waals surface area (Å²) in [6.07, 6.45) is 0.687. The van der Waals surface area contributed by atoms with Crippen LogP contribution in [0.1, 0.15) is 19.2 Å². The van der Waals surface area contributed by atoms with E-state index in [2.05, 4.69) is 25.9 Å². The fourth-order valence-corrected chi connectivity index (χ4v) is 2.07. The van der Waals surface area contributed by atoms with Crippen molar-refractivity contribution in [1.29, 1.82) is 0 Å². The summed E-state index contributed by atoms with van der Waals surface area (Å²) in [7, 11) is 0. The first-order chi connectivity index (χ1) is 8.59. The minimum atomic E-state index is -0.977. The molecule has 3 N–H and O–H groups in total. The summed E-state index contributed by atoms with van der Waals surface area (Å²) in [6.45, 7) is 2.38. The number of urea groups is 1. The molecule has 98 valence electrons. The monoisotopic (exact) mass is 254 g/mol. The van der Waals surface area contributed by atoms with Crippen LogP contribution in [0.25, 0.3) is 0 Å². The lowest BCUT2D eigenvalue weighted by atomic mass is 10.0. The van der Waals surface area contributed by atoms with Crippen LogP contribution < -0.4 is 5.32 Å². The average molecular weight is 254 g/mol. The molecule has 0 spiro atoms. The number of carboxylic acid groups (broad SMARTS) is 1. The number of carbonyl (C=O) groups is 2. The Bertz CT molecular complexity index is 434. The van der Waals surface area contributed by atoms with Gasteiger partial charge in [0.2, 0.25) is 0 Å². The molecule has 0 aliphatic carbocycles. The highest BCUT2D eigenvalue weighted by Crippen LogP contribution is 2.23. The van der Waals surface area contributed by atoms with Crippen LogP contribution in [-0.4, -0.2) is 55.2 Å². The fraction of sp³-hybridized carbons (Fsp3) is 0.667. The van der Waals surface area contributed by atoms with Gasteiger partial charge >= 0.3 is 12.0 Å². The maximum Gasteiger partial charge on any atom is 0.326 e. The van der Waals surface area contributed by atoms with E-state index in [1.807, 2.05) is 6.92 Å². The van der Waals surface area contributed by atoms with E-state index in [1.165, 1.54) is 4.90 Å². The second-order valence-corrected chi connectivity index (χ2v) is 4.23. The Labute approximate surface area is 103 Å². The molecular formula is C9H14N6O3. The van der Waals surface area contributed by atoms with Gasteiger partial charge in [0.1, 0.15) is 6.04 Å². The van der Waals surface area contributed by atoms with Gasteiger partial charge in [-0.05, 0) is 12.3 Å². The lowest BCUT2D eigenvalue weighted by Gasteiger charge is -2.23. The number of carbonyl (C=O) groups excluding carboxylic acids is 1. The van der Waals surface area contributed by atoms with Gasteiger partial charge in [0.25, 0.3) is 0 Å². The summed E-state index contributed by atoms with van der Waals surface area (Å²) >= 11 is 0. The van der Waals surface area contributed by atoms with Gasteiger partial charge in [-0.15, -0.1) is 10.2 Å². The molecular weight excluding hydrogens is 240 g/mol. The Kier molecular flexibility index (Phi) is 3.40. The topological polar surface area (TPSA) is 124 Å². The largest absolute Gasteiger partial charge is 0.480 e. The van der Waals surface area contributed by atoms with Crippen molar-refractivity contribution in [3.05, 3.63) is 5.82 Å². The predicted octanol–water partition coefficient (Wildman–Crippen LogP) is -0.796. The van der Waals surface area contributed by atoms with Crippen molar-refractivity contribution in [2.45, 2.75) is 25.9 Å². The standard InChI is InChI=1S/C9H14N6O3/c1-5-2-3-15(7(5)8(16)17)9(18)10-4-6-11-13-14-12-6/h5,7H,2-4H2,1H3,(H,10,18)(H,16,17)(H,11,12,13,14). The normalized spacial score (nSPS) is 23.1. The Morgan fingerprint density at radius 3 is 3.00 bits per heavy atom. The van der Waals surface area contributed by atoms with Gasteiger partial charge in [0, 0.05) is 6.54 Å². The van der Waals surface area contributed by atoms with E-state index in [1.54, 1.807) is 0 Å². The van der Waals surface area contributed by atoms with E-state index in [9.17, 15) is 9.59 Å². The minimum absolute atomic E-state index is 0.0431. The third kappa shape index (κ3) is 2.39. The second kappa shape index (κ2) is 4.98. The Hall–Kier alpha value is -2.19. The number of aromatic amines is 1. The molecule has 1 aliphatic rings. The molecule has 2 rings (SSSR count). The predicted molar refractivity (Wildman–Crippen MR) is 58.3 cm³/mol. The number of aliphatic carboxylic acids is 1. The number of likely N-dealkylation sites (tertiary alicyclic amines) is 1. The summed E-state index contributed by atoms with van der Waals surface area (Å²) in [5.41, 5.74) is 0. The number of nitrogens with one attached hydrogen (secondary N) is 2. The van der Waals surface area contributed by atoms with E-state index in [-0.39, 0.29) is 12.5 Å². The molecule has 9 nitrogen and oxygen atoms in total. The van der Waals surface area contributed by atoms with E-state index >= 15 is 0 Å². The molecule has 18 heavy (non-hydrogen) atoms. The summed E-state index contributed by atoms with van der Waals surface area (Å²) < 4.78 is 0. The number of amides is 2. The van der Waals surface area contributed by atoms with E-state index in [0.29, 0.717) is 18.8 Å². The molecule has 2 unspecified atom stereocenters. The van der Waals surface area contributed by atoms with Crippen LogP contribution >= 0.6 is 0 Å². The first-order valence-corrected chi connectivity index (χ1v) is 5.59. The van der Waals surface area contributed by atoms with Crippen LogP contribution in [0, 0.1) is 5.92 Å². The van der Waals surface area contributed by atoms with Crippen LogP contribution in [0.4, 0.5) is 4.79 Å². The SMILES string of the molecule is CC1CCN(C(=O)NCc2nn[nH]n2)C1C(=O)O. The van der Waals surface area contributed by atoms with Gasteiger partial charge in [-0.25, -0.2) is 9.59 Å². The van der Waals surface area contributed by atoms with E-state index in [4.69, 9.17) is 5.11 Å². The smallest absolute Gasteiger partial charge is 0.326 e. The Balaban J connectivity index is 1.94. The lowest BCUT2D eigenvalue weighted by Crippen LogP contribution is -2.47. The van der Waals surface area contributed by atoms with Crippen molar-refractivity contribution in [1.82, 2.24) is 30.8 Å². The minimum Gasteiger partial charge on any atom is -0.480 e. The van der Waals surface area contributed by atoms with Gasteiger partial charge in [0.05, 0.1) is 6.54 Å². The van der Waals surface area contributed by atoms with Crippen LogP contribution in [0.3, 0.4) is 0 Å². The van der Waals surface area contributed by atoms with Gasteiger partial charge in [-0.3, -0.25) is 0 Å². The number of tetrazole rings is 1. The highest BCUT2D eigenvalue weighted by Gasteiger charge is 2.39. The number of hydrogen-bond donors (Lipinski definition) is 3. The molecule has 2 atom stereocenters. The van der Waals surface area contributed by atoms with Crippen LogP contribution in [0.15, 0.2) is 0 Å². The summed E-state index contributed by atoms with van der Waals surface area (Å²) in [5, 5.41) is 24.7. The third-order valence-corrected chi connectivity index (χ3v) is 3.00. The van der Waals surface area contributed by atoms with Crippen molar-refractivity contribution in [3.63, 3.8) is 0 Å². The molecule has 1 fully saturated rings.